The average molecular weight is 520 g/mol. The smallest absolute Gasteiger partial charge is 0.138 e. The fourth-order valence-corrected chi connectivity index (χ4v) is 5.26. The lowest BCUT2D eigenvalue weighted by atomic mass is 9.87. The molecule has 4 aromatic heterocycles. The molecule has 196 valence electrons. The van der Waals surface area contributed by atoms with Gasteiger partial charge in [-0.25, -0.2) is 14.5 Å². The molecule has 7 heterocycles. The number of anilines is 1. The molecule has 0 aromatic carbocycles. The summed E-state index contributed by atoms with van der Waals surface area (Å²) in [7, 11) is 0. The number of aliphatic hydroxyl groups is 1. The third kappa shape index (κ3) is 5.15. The molecule has 2 atom stereocenters. The van der Waals surface area contributed by atoms with Crippen molar-refractivity contribution in [3.05, 3.63) is 72.4 Å². The predicted octanol–water partition coefficient (Wildman–Crippen LogP) is 3.13. The van der Waals surface area contributed by atoms with Gasteiger partial charge in [0.05, 0.1) is 35.6 Å². The van der Waals surface area contributed by atoms with Crippen molar-refractivity contribution in [3.63, 3.8) is 0 Å². The monoisotopic (exact) mass is 519 g/mol. The predicted molar refractivity (Wildman–Crippen MR) is 147 cm³/mol. The molecule has 3 aliphatic heterocycles. The number of hydrogen-bond donors (Lipinski definition) is 1. The molecule has 0 aliphatic carbocycles. The van der Waals surface area contributed by atoms with Gasteiger partial charge in [0.2, 0.25) is 0 Å². The number of rotatable bonds is 6. The van der Waals surface area contributed by atoms with Crippen molar-refractivity contribution in [2.75, 3.05) is 31.1 Å². The van der Waals surface area contributed by atoms with E-state index in [1.807, 2.05) is 42.6 Å². The summed E-state index contributed by atoms with van der Waals surface area (Å²) in [4.78, 5) is 13.9. The second-order valence-corrected chi connectivity index (χ2v) is 10.7. The Hall–Kier alpha value is -4.44. The topological polar surface area (TPSA) is 103 Å². The van der Waals surface area contributed by atoms with Crippen LogP contribution < -0.4 is 9.64 Å². The van der Waals surface area contributed by atoms with Gasteiger partial charge >= 0.3 is 0 Å². The van der Waals surface area contributed by atoms with Crippen LogP contribution in [0.5, 0.6) is 5.75 Å². The number of hydrogen-bond acceptors (Lipinski definition) is 8. The van der Waals surface area contributed by atoms with Crippen LogP contribution in [0.4, 0.5) is 5.82 Å². The van der Waals surface area contributed by atoms with Gasteiger partial charge in [-0.05, 0) is 56.5 Å². The van der Waals surface area contributed by atoms with Gasteiger partial charge in [-0.1, -0.05) is 12.0 Å². The van der Waals surface area contributed by atoms with Crippen LogP contribution in [0.25, 0.3) is 16.6 Å². The lowest BCUT2D eigenvalue weighted by molar-refractivity contribution is 0.0125. The molecule has 4 aromatic rings. The number of piperidine rings is 1. The standard InChI is InChI=1S/C30H29N7O2/c1-30(2,38)20-39-26-13-27(29-22(14-31)16-34-37(29)19-26)21-8-9-28(33-15-21)35-17-24-12-25(18-35)36(24)11-5-7-23-6-3-4-10-32-23/h3-4,6,8-10,13,15-16,19,24-25,38H,11-12,17-18,20H2,1-2H3. The van der Waals surface area contributed by atoms with Crippen molar-refractivity contribution in [1.82, 2.24) is 24.5 Å². The minimum Gasteiger partial charge on any atom is -0.489 e. The minimum absolute atomic E-state index is 0.130. The maximum absolute atomic E-state index is 10.1. The molecule has 3 aliphatic rings. The van der Waals surface area contributed by atoms with E-state index in [9.17, 15) is 10.4 Å². The zero-order valence-electron chi connectivity index (χ0n) is 21.9. The first-order valence-corrected chi connectivity index (χ1v) is 13.0. The number of fused-ring (bicyclic) bond motifs is 3. The van der Waals surface area contributed by atoms with Crippen molar-refractivity contribution < 1.29 is 9.84 Å². The molecule has 2 bridgehead atoms. The van der Waals surface area contributed by atoms with Crippen molar-refractivity contribution in [2.24, 2.45) is 0 Å². The Kier molecular flexibility index (Phi) is 6.40. The van der Waals surface area contributed by atoms with E-state index in [1.165, 1.54) is 6.42 Å². The fourth-order valence-electron chi connectivity index (χ4n) is 5.26. The summed E-state index contributed by atoms with van der Waals surface area (Å²) >= 11 is 0. The number of aromatic nitrogens is 4. The van der Waals surface area contributed by atoms with Crippen molar-refractivity contribution in [2.45, 2.75) is 38.0 Å². The van der Waals surface area contributed by atoms with Gasteiger partial charge in [-0.3, -0.25) is 4.90 Å². The summed E-state index contributed by atoms with van der Waals surface area (Å²) in [6.07, 6.45) is 8.07. The SMILES string of the molecule is CC(C)(O)COc1cc(-c2ccc(N3CC4CC(C3)N4CC#Cc3ccccn3)nc2)c2c(C#N)cnn2c1. The molecule has 0 amide bonds. The first-order valence-electron chi connectivity index (χ1n) is 13.0. The molecule has 1 N–H and O–H groups in total. The van der Waals surface area contributed by atoms with Crippen LogP contribution in [0.1, 0.15) is 31.5 Å². The molecular formula is C30H29N7O2. The van der Waals surface area contributed by atoms with E-state index < -0.39 is 5.60 Å². The van der Waals surface area contributed by atoms with Gasteiger partial charge < -0.3 is 14.7 Å². The minimum atomic E-state index is -0.976. The molecule has 3 fully saturated rings. The van der Waals surface area contributed by atoms with Crippen LogP contribution in [-0.2, 0) is 0 Å². The maximum Gasteiger partial charge on any atom is 0.138 e. The van der Waals surface area contributed by atoms with Crippen molar-refractivity contribution in [3.8, 4) is 34.8 Å². The summed E-state index contributed by atoms with van der Waals surface area (Å²) in [6, 6.07) is 14.9. The van der Waals surface area contributed by atoms with Crippen LogP contribution in [0.2, 0.25) is 0 Å². The van der Waals surface area contributed by atoms with Crippen molar-refractivity contribution >= 4 is 11.3 Å². The highest BCUT2D eigenvalue weighted by Crippen LogP contribution is 2.35. The third-order valence-corrected chi connectivity index (χ3v) is 7.17. The molecule has 9 heteroatoms. The quantitative estimate of drug-likeness (QED) is 0.388. The fraction of sp³-hybridized carbons (Fsp3) is 0.333. The lowest BCUT2D eigenvalue weighted by Crippen LogP contribution is -2.68. The van der Waals surface area contributed by atoms with Gasteiger partial charge in [0.1, 0.15) is 29.9 Å². The Labute approximate surface area is 227 Å². The average Bonchev–Trinajstić information content (AvgIpc) is 3.37. The van der Waals surface area contributed by atoms with Crippen LogP contribution in [0.3, 0.4) is 0 Å². The van der Waals surface area contributed by atoms with E-state index in [0.717, 1.165) is 42.3 Å². The third-order valence-electron chi connectivity index (χ3n) is 7.17. The first-order chi connectivity index (χ1) is 18.9. The highest BCUT2D eigenvalue weighted by Gasteiger charge is 2.44. The Morgan fingerprint density at radius 2 is 1.97 bits per heavy atom. The molecule has 0 spiro atoms. The van der Waals surface area contributed by atoms with Crippen LogP contribution >= 0.6 is 0 Å². The molecule has 0 saturated carbocycles. The molecule has 3 saturated heterocycles. The Balaban J connectivity index is 1.18. The Bertz CT molecular complexity index is 1580. The number of ether oxygens (including phenoxy) is 1. The summed E-state index contributed by atoms with van der Waals surface area (Å²) < 4.78 is 7.49. The normalized spacial score (nSPS) is 18.7. The van der Waals surface area contributed by atoms with E-state index in [0.29, 0.717) is 28.9 Å². The number of nitrogens with zero attached hydrogens (tertiary/aromatic N) is 7. The number of piperazine rings is 1. The molecule has 0 radical (unpaired) electrons. The summed E-state index contributed by atoms with van der Waals surface area (Å²) in [5, 5.41) is 24.1. The van der Waals surface area contributed by atoms with E-state index >= 15 is 0 Å². The summed E-state index contributed by atoms with van der Waals surface area (Å²) in [5.74, 6) is 7.93. The van der Waals surface area contributed by atoms with E-state index in [4.69, 9.17) is 9.72 Å². The lowest BCUT2D eigenvalue weighted by Gasteiger charge is -2.56. The molecule has 9 nitrogen and oxygen atoms in total. The van der Waals surface area contributed by atoms with Crippen molar-refractivity contribution in [1.29, 1.82) is 5.26 Å². The van der Waals surface area contributed by atoms with Crippen LogP contribution in [0, 0.1) is 23.2 Å². The summed E-state index contributed by atoms with van der Waals surface area (Å²) in [5.41, 5.74) is 2.67. The molecule has 7 rings (SSSR count). The second kappa shape index (κ2) is 10.0. The Morgan fingerprint density at radius 1 is 1.13 bits per heavy atom. The molecular weight excluding hydrogens is 490 g/mol. The summed E-state index contributed by atoms with van der Waals surface area (Å²) in [6.45, 7) is 6.09. The molecule has 39 heavy (non-hydrogen) atoms. The van der Waals surface area contributed by atoms with Gasteiger partial charge in [-0.2, -0.15) is 10.4 Å². The van der Waals surface area contributed by atoms with E-state index in [2.05, 4.69) is 37.8 Å². The highest BCUT2D eigenvalue weighted by atomic mass is 16.5. The van der Waals surface area contributed by atoms with Crippen LogP contribution in [0.15, 0.2) is 61.2 Å². The maximum atomic E-state index is 10.1. The number of pyridine rings is 3. The van der Waals surface area contributed by atoms with Gasteiger partial charge in [0.15, 0.2) is 0 Å². The van der Waals surface area contributed by atoms with Gasteiger partial charge in [0, 0.05) is 48.7 Å². The second-order valence-electron chi connectivity index (χ2n) is 10.7. The van der Waals surface area contributed by atoms with Gasteiger partial charge in [0.25, 0.3) is 0 Å². The van der Waals surface area contributed by atoms with E-state index in [1.54, 1.807) is 37.0 Å². The highest BCUT2D eigenvalue weighted by molar-refractivity contribution is 5.85. The van der Waals surface area contributed by atoms with Crippen LogP contribution in [-0.4, -0.2) is 73.5 Å². The first kappa shape index (κ1) is 24.9. The van der Waals surface area contributed by atoms with Gasteiger partial charge in [-0.15, -0.1) is 0 Å². The number of nitriles is 1. The molecule has 2 unspecified atom stereocenters. The van der Waals surface area contributed by atoms with E-state index in [-0.39, 0.29) is 6.61 Å². The largest absolute Gasteiger partial charge is 0.489 e. The zero-order valence-corrected chi connectivity index (χ0v) is 21.9. The zero-order chi connectivity index (χ0) is 27.0. The Morgan fingerprint density at radius 3 is 2.67 bits per heavy atom.